The van der Waals surface area contributed by atoms with Crippen molar-refractivity contribution in [1.82, 2.24) is 14.9 Å². The Hall–Kier alpha value is -2.89. The maximum atomic E-state index is 13.8. The highest BCUT2D eigenvalue weighted by Crippen LogP contribution is 2.35. The van der Waals surface area contributed by atoms with Crippen LogP contribution in [0.5, 0.6) is 0 Å². The average Bonchev–Trinajstić information content (AvgIpc) is 2.86. The Morgan fingerprint density at radius 1 is 1.18 bits per heavy atom. The second-order valence-corrected chi connectivity index (χ2v) is 12.5. The number of hydrogen-bond acceptors (Lipinski definition) is 7. The topological polar surface area (TPSA) is 102 Å². The molecule has 3 atom stereocenters. The van der Waals surface area contributed by atoms with Crippen LogP contribution in [0.4, 0.5) is 10.3 Å². The van der Waals surface area contributed by atoms with Crippen LogP contribution in [0.3, 0.4) is 0 Å². The number of hydrogen-bond donors (Lipinski definition) is 0. The molecule has 0 saturated carbocycles. The smallest absolute Gasteiger partial charge is 0.239 e. The maximum absolute atomic E-state index is 13.8. The zero-order valence-corrected chi connectivity index (χ0v) is 24.8. The van der Waals surface area contributed by atoms with Gasteiger partial charge < -0.3 is 14.4 Å². The molecule has 0 N–H and O–H groups in total. The highest BCUT2D eigenvalue weighted by atomic mass is 32.2. The first-order valence-corrected chi connectivity index (χ1v) is 14.8. The van der Waals surface area contributed by atoms with E-state index in [1.807, 2.05) is 39.8 Å². The Morgan fingerprint density at radius 2 is 1.82 bits per heavy atom. The van der Waals surface area contributed by atoms with Gasteiger partial charge in [-0.2, -0.15) is 0 Å². The summed E-state index contributed by atoms with van der Waals surface area (Å²) in [5.41, 5.74) is 2.40. The van der Waals surface area contributed by atoms with E-state index in [0.29, 0.717) is 35.4 Å². The molecular weight excluding hydrogens is 523 g/mol. The predicted octanol–water partition coefficient (Wildman–Crippen LogP) is 4.59. The number of halogens is 1. The number of sulfonamides is 1. The molecule has 0 aliphatic carbocycles. The second-order valence-electron chi connectivity index (χ2n) is 10.5. The zero-order chi connectivity index (χ0) is 29.1. The monoisotopic (exact) mass is 562 g/mol. The summed E-state index contributed by atoms with van der Waals surface area (Å²) in [6, 6.07) is 5.87. The summed E-state index contributed by atoms with van der Waals surface area (Å²) in [7, 11) is 1.21. The van der Waals surface area contributed by atoms with Gasteiger partial charge in [0.15, 0.2) is 5.79 Å². The fourth-order valence-corrected chi connectivity index (χ4v) is 4.62. The maximum Gasteiger partial charge on any atom is 0.239 e. The van der Waals surface area contributed by atoms with Crippen LogP contribution in [0.1, 0.15) is 64.1 Å². The molecule has 2 heterocycles. The van der Waals surface area contributed by atoms with Gasteiger partial charge in [-0.3, -0.25) is 4.79 Å². The molecule has 214 valence electrons. The van der Waals surface area contributed by atoms with Gasteiger partial charge in [0.05, 0.1) is 36.3 Å². The first kappa shape index (κ1) is 30.6. The van der Waals surface area contributed by atoms with E-state index in [4.69, 9.17) is 9.47 Å². The minimum absolute atomic E-state index is 0.0252. The summed E-state index contributed by atoms with van der Waals surface area (Å²) in [6.07, 6.45) is 5.49. The van der Waals surface area contributed by atoms with Crippen LogP contribution in [-0.2, 0) is 24.3 Å². The molecule has 11 heteroatoms. The quantitative estimate of drug-likeness (QED) is 0.440. The lowest BCUT2D eigenvalue weighted by atomic mass is 9.96. The standard InChI is InChI=1S/C28H39FN4O5S/c1-9-28(4)37-21(16-22(38-28)17-24(34)32(5)6)14-15-23-25(18(2)3)30-27(33(7)39(8,35)36)31-26(23)19-10-12-20(29)13-11-19/h10-15,18,21-22H,9,16-17H2,1-8H3/t21-,22-,28?/m1/s1. The number of aromatic nitrogens is 2. The Labute approximate surface area is 231 Å². The lowest BCUT2D eigenvalue weighted by molar-refractivity contribution is -0.300. The third-order valence-electron chi connectivity index (χ3n) is 6.74. The normalized spacial score (nSPS) is 21.9. The average molecular weight is 563 g/mol. The number of amides is 1. The molecule has 0 bridgehead atoms. The molecule has 2 aromatic rings. The summed E-state index contributed by atoms with van der Waals surface area (Å²) in [5, 5.41) is 0. The molecule has 39 heavy (non-hydrogen) atoms. The fourth-order valence-electron chi connectivity index (χ4n) is 4.24. The molecular formula is C28H39FN4O5S. The third kappa shape index (κ3) is 7.61. The Morgan fingerprint density at radius 3 is 2.36 bits per heavy atom. The lowest BCUT2D eigenvalue weighted by Crippen LogP contribution is -2.47. The first-order chi connectivity index (χ1) is 18.1. The van der Waals surface area contributed by atoms with Crippen molar-refractivity contribution >= 4 is 28.0 Å². The van der Waals surface area contributed by atoms with E-state index in [0.717, 1.165) is 10.6 Å². The Bertz CT molecular complexity index is 1310. The van der Waals surface area contributed by atoms with Crippen molar-refractivity contribution in [3.05, 3.63) is 47.4 Å². The number of carbonyl (C=O) groups is 1. The molecule has 1 unspecified atom stereocenters. The molecule has 1 aromatic heterocycles. The molecule has 1 aromatic carbocycles. The van der Waals surface area contributed by atoms with Gasteiger partial charge in [0.25, 0.3) is 0 Å². The predicted molar refractivity (Wildman–Crippen MR) is 150 cm³/mol. The SMILES string of the molecule is CCC1(C)O[C@@H](CC(=O)N(C)C)C[C@@H](C=Cc2c(-c3ccc(F)cc3)nc(N(C)S(C)(=O)=O)nc2C(C)C)O1. The number of carbonyl (C=O) groups excluding carboxylic acids is 1. The molecule has 1 aliphatic rings. The summed E-state index contributed by atoms with van der Waals surface area (Å²) < 4.78 is 51.8. The third-order valence-corrected chi connectivity index (χ3v) is 7.90. The summed E-state index contributed by atoms with van der Waals surface area (Å²) in [4.78, 5) is 23.2. The molecule has 0 spiro atoms. The number of benzene rings is 1. The molecule has 3 rings (SSSR count). The van der Waals surface area contributed by atoms with Gasteiger partial charge >= 0.3 is 0 Å². The highest BCUT2D eigenvalue weighted by molar-refractivity contribution is 7.92. The minimum Gasteiger partial charge on any atom is -0.349 e. The van der Waals surface area contributed by atoms with Crippen molar-refractivity contribution in [3.8, 4) is 11.3 Å². The van der Waals surface area contributed by atoms with Crippen LogP contribution < -0.4 is 4.31 Å². The van der Waals surface area contributed by atoms with Gasteiger partial charge in [-0.25, -0.2) is 27.1 Å². The van der Waals surface area contributed by atoms with Gasteiger partial charge in [0.2, 0.25) is 21.9 Å². The molecule has 1 aliphatic heterocycles. The number of nitrogens with zero attached hydrogens (tertiary/aromatic N) is 4. The van der Waals surface area contributed by atoms with Crippen LogP contribution in [0.2, 0.25) is 0 Å². The lowest BCUT2D eigenvalue weighted by Gasteiger charge is -2.41. The van der Waals surface area contributed by atoms with Gasteiger partial charge in [-0.1, -0.05) is 32.9 Å². The van der Waals surface area contributed by atoms with Gasteiger partial charge in [0.1, 0.15) is 5.82 Å². The van der Waals surface area contributed by atoms with Crippen LogP contribution in [0.25, 0.3) is 17.3 Å². The van der Waals surface area contributed by atoms with E-state index in [1.165, 1.54) is 19.2 Å². The van der Waals surface area contributed by atoms with Crippen molar-refractivity contribution in [1.29, 1.82) is 0 Å². The first-order valence-electron chi connectivity index (χ1n) is 13.0. The van der Waals surface area contributed by atoms with E-state index in [1.54, 1.807) is 31.1 Å². The summed E-state index contributed by atoms with van der Waals surface area (Å²) in [6.45, 7) is 7.74. The van der Waals surface area contributed by atoms with E-state index in [9.17, 15) is 17.6 Å². The number of anilines is 1. The van der Waals surface area contributed by atoms with Crippen molar-refractivity contribution < 1.29 is 27.1 Å². The summed E-state index contributed by atoms with van der Waals surface area (Å²) in [5.74, 6) is -1.33. The summed E-state index contributed by atoms with van der Waals surface area (Å²) >= 11 is 0. The largest absolute Gasteiger partial charge is 0.349 e. The van der Waals surface area contributed by atoms with Crippen LogP contribution in [0, 0.1) is 5.82 Å². The van der Waals surface area contributed by atoms with E-state index >= 15 is 0 Å². The van der Waals surface area contributed by atoms with Crippen LogP contribution >= 0.6 is 0 Å². The second kappa shape index (κ2) is 12.1. The van der Waals surface area contributed by atoms with Crippen LogP contribution in [0.15, 0.2) is 30.3 Å². The number of ether oxygens (including phenoxy) is 2. The van der Waals surface area contributed by atoms with Crippen molar-refractivity contribution in [2.24, 2.45) is 0 Å². The van der Waals surface area contributed by atoms with Crippen molar-refractivity contribution in [2.75, 3.05) is 31.7 Å². The molecule has 1 fully saturated rings. The van der Waals surface area contributed by atoms with Crippen molar-refractivity contribution in [3.63, 3.8) is 0 Å². The Kier molecular flexibility index (Phi) is 9.51. The highest BCUT2D eigenvalue weighted by Gasteiger charge is 2.38. The molecule has 0 radical (unpaired) electrons. The minimum atomic E-state index is -3.62. The molecule has 9 nitrogen and oxygen atoms in total. The molecule has 1 amide bonds. The zero-order valence-electron chi connectivity index (χ0n) is 23.9. The van der Waals surface area contributed by atoms with E-state index in [-0.39, 0.29) is 36.4 Å². The fraction of sp³-hybridized carbons (Fsp3) is 0.536. The van der Waals surface area contributed by atoms with Gasteiger partial charge in [0, 0.05) is 38.7 Å². The number of rotatable bonds is 9. The van der Waals surface area contributed by atoms with E-state index < -0.39 is 21.6 Å². The van der Waals surface area contributed by atoms with Gasteiger partial charge in [-0.05, 0) is 43.5 Å². The molecule has 1 saturated heterocycles. The van der Waals surface area contributed by atoms with E-state index in [2.05, 4.69) is 9.97 Å². The Balaban J connectivity index is 2.10. The van der Waals surface area contributed by atoms with Crippen molar-refractivity contribution in [2.45, 2.75) is 70.9 Å². The van der Waals surface area contributed by atoms with Gasteiger partial charge in [-0.15, -0.1) is 0 Å². The van der Waals surface area contributed by atoms with Crippen LogP contribution in [-0.4, -0.2) is 74.6 Å².